The molecule has 1 N–H and O–H groups in total. The van der Waals surface area contributed by atoms with Gasteiger partial charge in [-0.25, -0.2) is 4.98 Å². The van der Waals surface area contributed by atoms with Crippen molar-refractivity contribution in [2.45, 2.75) is 39.3 Å². The van der Waals surface area contributed by atoms with E-state index in [1.807, 2.05) is 6.92 Å². The smallest absolute Gasteiger partial charge is 0.128 e. The minimum Gasteiger partial charge on any atom is -0.380 e. The number of aromatic nitrogens is 1. The van der Waals surface area contributed by atoms with Gasteiger partial charge in [0.15, 0.2) is 0 Å². The fourth-order valence-corrected chi connectivity index (χ4v) is 2.03. The molecule has 0 aromatic carbocycles. The van der Waals surface area contributed by atoms with Crippen LogP contribution >= 0.6 is 0 Å². The number of rotatable bonds is 9. The van der Waals surface area contributed by atoms with E-state index in [9.17, 15) is 0 Å². The average Bonchev–Trinajstić information content (AvgIpc) is 3.26. The quantitative estimate of drug-likeness (QED) is 0.693. The van der Waals surface area contributed by atoms with Crippen LogP contribution in [-0.4, -0.2) is 37.3 Å². The molecule has 1 saturated carbocycles. The summed E-state index contributed by atoms with van der Waals surface area (Å²) in [5, 5.41) is 3.50. The molecular formula is C15H25N3O. The number of ether oxygens (including phenoxy) is 1. The average molecular weight is 263 g/mol. The lowest BCUT2D eigenvalue weighted by Crippen LogP contribution is -2.28. The number of hydrogen-bond acceptors (Lipinski definition) is 4. The zero-order chi connectivity index (χ0) is 13.5. The molecule has 1 aromatic rings. The fraction of sp³-hybridized carbons (Fsp3) is 0.667. The normalized spacial score (nSPS) is 14.6. The molecule has 106 valence electrons. The third kappa shape index (κ3) is 4.80. The number of pyridine rings is 1. The summed E-state index contributed by atoms with van der Waals surface area (Å²) in [7, 11) is 0. The number of nitrogens with zero attached hydrogens (tertiary/aromatic N) is 2. The Morgan fingerprint density at radius 2 is 2.21 bits per heavy atom. The largest absolute Gasteiger partial charge is 0.380 e. The fourth-order valence-electron chi connectivity index (χ4n) is 2.03. The van der Waals surface area contributed by atoms with Crippen molar-refractivity contribution >= 4 is 5.82 Å². The van der Waals surface area contributed by atoms with Crippen molar-refractivity contribution in [3.63, 3.8) is 0 Å². The molecule has 0 saturated heterocycles. The van der Waals surface area contributed by atoms with Crippen molar-refractivity contribution in [3.05, 3.63) is 23.9 Å². The molecular weight excluding hydrogens is 238 g/mol. The van der Waals surface area contributed by atoms with Crippen LogP contribution in [0, 0.1) is 0 Å². The van der Waals surface area contributed by atoms with Gasteiger partial charge in [0.2, 0.25) is 0 Å². The van der Waals surface area contributed by atoms with E-state index in [2.05, 4.69) is 35.3 Å². The van der Waals surface area contributed by atoms with Gasteiger partial charge in [0.1, 0.15) is 5.82 Å². The van der Waals surface area contributed by atoms with Gasteiger partial charge < -0.3 is 15.0 Å². The zero-order valence-corrected chi connectivity index (χ0v) is 12.1. The van der Waals surface area contributed by atoms with E-state index in [0.29, 0.717) is 0 Å². The van der Waals surface area contributed by atoms with Gasteiger partial charge in [0.05, 0.1) is 12.3 Å². The second-order valence-corrected chi connectivity index (χ2v) is 4.92. The summed E-state index contributed by atoms with van der Waals surface area (Å²) in [5.41, 5.74) is 1.12. The predicted molar refractivity (Wildman–Crippen MR) is 78.5 cm³/mol. The Labute approximate surface area is 116 Å². The van der Waals surface area contributed by atoms with Crippen LogP contribution in [-0.2, 0) is 11.3 Å². The van der Waals surface area contributed by atoms with Crippen molar-refractivity contribution in [1.82, 2.24) is 10.3 Å². The highest BCUT2D eigenvalue weighted by molar-refractivity contribution is 5.39. The van der Waals surface area contributed by atoms with Gasteiger partial charge in [-0.05, 0) is 38.8 Å². The van der Waals surface area contributed by atoms with Gasteiger partial charge in [-0.15, -0.1) is 0 Å². The number of nitrogens with one attached hydrogen (secondary N) is 1. The van der Waals surface area contributed by atoms with E-state index < -0.39 is 0 Å². The molecule has 2 rings (SSSR count). The van der Waals surface area contributed by atoms with Crippen molar-refractivity contribution in [2.24, 2.45) is 0 Å². The van der Waals surface area contributed by atoms with Gasteiger partial charge in [0, 0.05) is 32.3 Å². The maximum absolute atomic E-state index is 5.42. The SMILES string of the molecule is CCOCCN(CC)c1cccc(CNC2CC2)n1. The highest BCUT2D eigenvalue weighted by Crippen LogP contribution is 2.19. The van der Waals surface area contributed by atoms with E-state index in [4.69, 9.17) is 9.72 Å². The van der Waals surface area contributed by atoms with E-state index in [-0.39, 0.29) is 0 Å². The molecule has 1 fully saturated rings. The molecule has 4 heteroatoms. The summed E-state index contributed by atoms with van der Waals surface area (Å²) < 4.78 is 5.42. The van der Waals surface area contributed by atoms with Gasteiger partial charge in [-0.2, -0.15) is 0 Å². The van der Waals surface area contributed by atoms with Gasteiger partial charge in [-0.3, -0.25) is 0 Å². The highest BCUT2D eigenvalue weighted by atomic mass is 16.5. The van der Waals surface area contributed by atoms with Crippen molar-refractivity contribution in [3.8, 4) is 0 Å². The summed E-state index contributed by atoms with van der Waals surface area (Å²) >= 11 is 0. The molecule has 0 unspecified atom stereocenters. The van der Waals surface area contributed by atoms with Crippen molar-refractivity contribution in [1.29, 1.82) is 0 Å². The van der Waals surface area contributed by atoms with Gasteiger partial charge in [0.25, 0.3) is 0 Å². The van der Waals surface area contributed by atoms with Gasteiger partial charge in [-0.1, -0.05) is 6.07 Å². The van der Waals surface area contributed by atoms with Crippen LogP contribution in [0.5, 0.6) is 0 Å². The Kier molecular flexibility index (Phi) is 5.61. The molecule has 4 nitrogen and oxygen atoms in total. The van der Waals surface area contributed by atoms with Crippen LogP contribution in [0.4, 0.5) is 5.82 Å². The monoisotopic (exact) mass is 263 g/mol. The lowest BCUT2D eigenvalue weighted by molar-refractivity contribution is 0.154. The summed E-state index contributed by atoms with van der Waals surface area (Å²) in [4.78, 5) is 6.99. The summed E-state index contributed by atoms with van der Waals surface area (Å²) in [5.74, 6) is 1.05. The Bertz CT molecular complexity index is 379. The molecule has 1 aromatic heterocycles. The first-order valence-electron chi connectivity index (χ1n) is 7.35. The maximum atomic E-state index is 5.42. The lowest BCUT2D eigenvalue weighted by atomic mass is 10.3. The number of likely N-dealkylation sites (N-methyl/N-ethyl adjacent to an activating group) is 1. The first-order chi connectivity index (χ1) is 9.33. The van der Waals surface area contributed by atoms with Crippen LogP contribution in [0.15, 0.2) is 18.2 Å². The van der Waals surface area contributed by atoms with Crippen LogP contribution in [0.25, 0.3) is 0 Å². The third-order valence-electron chi connectivity index (χ3n) is 3.36. The van der Waals surface area contributed by atoms with E-state index >= 15 is 0 Å². The Morgan fingerprint density at radius 1 is 1.37 bits per heavy atom. The highest BCUT2D eigenvalue weighted by Gasteiger charge is 2.20. The molecule has 0 amide bonds. The summed E-state index contributed by atoms with van der Waals surface area (Å²) in [6.07, 6.45) is 2.63. The molecule has 0 spiro atoms. The second kappa shape index (κ2) is 7.46. The zero-order valence-electron chi connectivity index (χ0n) is 12.1. The predicted octanol–water partition coefficient (Wildman–Crippen LogP) is 2.20. The molecule has 1 heterocycles. The lowest BCUT2D eigenvalue weighted by Gasteiger charge is -2.22. The maximum Gasteiger partial charge on any atom is 0.128 e. The Balaban J connectivity index is 1.90. The molecule has 0 radical (unpaired) electrons. The van der Waals surface area contributed by atoms with E-state index in [0.717, 1.165) is 50.4 Å². The van der Waals surface area contributed by atoms with E-state index in [1.54, 1.807) is 0 Å². The van der Waals surface area contributed by atoms with Crippen LogP contribution < -0.4 is 10.2 Å². The number of hydrogen-bond donors (Lipinski definition) is 1. The molecule has 0 atom stereocenters. The van der Waals surface area contributed by atoms with Crippen molar-refractivity contribution < 1.29 is 4.74 Å². The molecule has 1 aliphatic rings. The second-order valence-electron chi connectivity index (χ2n) is 4.92. The minimum absolute atomic E-state index is 0.727. The number of anilines is 1. The van der Waals surface area contributed by atoms with Crippen LogP contribution in [0.3, 0.4) is 0 Å². The Morgan fingerprint density at radius 3 is 2.89 bits per heavy atom. The summed E-state index contributed by atoms with van der Waals surface area (Å²) in [6, 6.07) is 6.99. The minimum atomic E-state index is 0.727. The van der Waals surface area contributed by atoms with Crippen LogP contribution in [0.1, 0.15) is 32.4 Å². The summed E-state index contributed by atoms with van der Waals surface area (Å²) in [6.45, 7) is 8.45. The molecule has 0 bridgehead atoms. The third-order valence-corrected chi connectivity index (χ3v) is 3.36. The molecule has 0 aliphatic heterocycles. The standard InChI is InChI=1S/C15H25N3O/c1-3-18(10-11-19-4-2)15-7-5-6-14(17-15)12-16-13-8-9-13/h5-7,13,16H,3-4,8-12H2,1-2H3. The van der Waals surface area contributed by atoms with E-state index in [1.165, 1.54) is 12.8 Å². The van der Waals surface area contributed by atoms with Crippen LogP contribution in [0.2, 0.25) is 0 Å². The topological polar surface area (TPSA) is 37.4 Å². The first-order valence-corrected chi connectivity index (χ1v) is 7.35. The first kappa shape index (κ1) is 14.3. The Hall–Kier alpha value is -1.13. The molecule has 19 heavy (non-hydrogen) atoms. The molecule has 1 aliphatic carbocycles. The van der Waals surface area contributed by atoms with Crippen molar-refractivity contribution in [2.75, 3.05) is 31.2 Å². The van der Waals surface area contributed by atoms with Gasteiger partial charge >= 0.3 is 0 Å².